The van der Waals surface area contributed by atoms with Gasteiger partial charge in [0.05, 0.1) is 29.3 Å². The molecule has 8 heteroatoms. The van der Waals surface area contributed by atoms with Crippen molar-refractivity contribution < 1.29 is 23.8 Å². The maximum absolute atomic E-state index is 13.7. The number of nitrogens with zero attached hydrogens (tertiary/aromatic N) is 2. The predicted octanol–water partition coefficient (Wildman–Crippen LogP) is 5.12. The first-order valence-electron chi connectivity index (χ1n) is 11.2. The molecule has 4 aromatic rings. The average molecular weight is 471 g/mol. The zero-order chi connectivity index (χ0) is 24.5. The van der Waals surface area contributed by atoms with Crippen LogP contribution in [-0.2, 0) is 9.59 Å². The van der Waals surface area contributed by atoms with E-state index in [1.165, 1.54) is 29.2 Å². The van der Waals surface area contributed by atoms with Gasteiger partial charge < -0.3 is 14.8 Å². The van der Waals surface area contributed by atoms with Crippen molar-refractivity contribution in [3.63, 3.8) is 0 Å². The van der Waals surface area contributed by atoms with Crippen molar-refractivity contribution in [1.82, 2.24) is 9.97 Å². The van der Waals surface area contributed by atoms with Gasteiger partial charge in [-0.1, -0.05) is 31.2 Å². The Hall–Kier alpha value is -4.46. The quantitative estimate of drug-likeness (QED) is 0.231. The van der Waals surface area contributed by atoms with Crippen LogP contribution < -0.4 is 9.64 Å². The number of amides is 1. The van der Waals surface area contributed by atoms with Gasteiger partial charge in [-0.3, -0.25) is 14.5 Å². The molecule has 1 fully saturated rings. The third-order valence-electron chi connectivity index (χ3n) is 5.84. The van der Waals surface area contributed by atoms with E-state index in [-0.39, 0.29) is 17.3 Å². The number of rotatable bonds is 6. The monoisotopic (exact) mass is 471 g/mol. The summed E-state index contributed by atoms with van der Waals surface area (Å²) in [5.74, 6) is -1.71. The van der Waals surface area contributed by atoms with E-state index in [0.717, 1.165) is 6.42 Å². The molecule has 1 atom stereocenters. The number of aromatic amines is 1. The molecule has 0 aliphatic carbocycles. The van der Waals surface area contributed by atoms with Gasteiger partial charge in [0.15, 0.2) is 0 Å². The van der Waals surface area contributed by atoms with Crippen molar-refractivity contribution in [3.8, 4) is 5.75 Å². The number of aliphatic hydroxyl groups is 1. The van der Waals surface area contributed by atoms with Crippen molar-refractivity contribution in [2.24, 2.45) is 0 Å². The molecule has 0 bridgehead atoms. The van der Waals surface area contributed by atoms with Crippen LogP contribution in [0.15, 0.2) is 78.4 Å². The summed E-state index contributed by atoms with van der Waals surface area (Å²) in [5.41, 5.74) is 2.00. The molecule has 3 aromatic carbocycles. The summed E-state index contributed by atoms with van der Waals surface area (Å²) in [5, 5.41) is 11.2. The third-order valence-corrected chi connectivity index (χ3v) is 5.84. The SMILES string of the molecule is CCCOc1ccc(/C(O)=C2\C(=O)C(=O)N(c3nc4ccccc4[nH]3)C2c2ccc(F)cc2)cc1. The molecular formula is C27H22FN3O4. The zero-order valence-electron chi connectivity index (χ0n) is 18.9. The van der Waals surface area contributed by atoms with Crippen molar-refractivity contribution >= 4 is 34.4 Å². The number of halogens is 1. The highest BCUT2D eigenvalue weighted by atomic mass is 19.1. The molecule has 5 rings (SSSR count). The Bertz CT molecular complexity index is 1410. The Morgan fingerprint density at radius 2 is 1.77 bits per heavy atom. The Labute approximate surface area is 200 Å². The van der Waals surface area contributed by atoms with E-state index in [2.05, 4.69) is 9.97 Å². The molecule has 35 heavy (non-hydrogen) atoms. The van der Waals surface area contributed by atoms with Crippen molar-refractivity contribution in [2.45, 2.75) is 19.4 Å². The first kappa shape index (κ1) is 22.3. The second-order valence-corrected chi connectivity index (χ2v) is 8.17. The van der Waals surface area contributed by atoms with Gasteiger partial charge in [0.2, 0.25) is 5.95 Å². The molecule has 7 nitrogen and oxygen atoms in total. The van der Waals surface area contributed by atoms with E-state index in [4.69, 9.17) is 4.74 Å². The molecule has 1 aromatic heterocycles. The van der Waals surface area contributed by atoms with Crippen LogP contribution in [0.25, 0.3) is 16.8 Å². The summed E-state index contributed by atoms with van der Waals surface area (Å²) in [6.45, 7) is 2.55. The van der Waals surface area contributed by atoms with Crippen LogP contribution in [0, 0.1) is 5.82 Å². The number of carbonyl (C=O) groups is 2. The smallest absolute Gasteiger partial charge is 0.302 e. The number of fused-ring (bicyclic) bond motifs is 1. The number of benzene rings is 3. The number of hydrogen-bond donors (Lipinski definition) is 2. The Balaban J connectivity index is 1.64. The van der Waals surface area contributed by atoms with Crippen molar-refractivity contribution in [3.05, 3.63) is 95.3 Å². The van der Waals surface area contributed by atoms with Crippen LogP contribution in [0.4, 0.5) is 10.3 Å². The summed E-state index contributed by atoms with van der Waals surface area (Å²) in [7, 11) is 0. The lowest BCUT2D eigenvalue weighted by atomic mass is 9.95. The first-order valence-corrected chi connectivity index (χ1v) is 11.2. The number of nitrogens with one attached hydrogen (secondary N) is 1. The molecule has 1 unspecified atom stereocenters. The number of ether oxygens (including phenoxy) is 1. The first-order chi connectivity index (χ1) is 17.0. The molecule has 1 aliphatic heterocycles. The second kappa shape index (κ2) is 9.06. The minimum absolute atomic E-state index is 0.107. The number of para-hydroxylation sites is 2. The highest BCUT2D eigenvalue weighted by molar-refractivity contribution is 6.51. The van der Waals surface area contributed by atoms with Crippen molar-refractivity contribution in [1.29, 1.82) is 0 Å². The van der Waals surface area contributed by atoms with Gasteiger partial charge in [0, 0.05) is 5.56 Å². The number of aromatic nitrogens is 2. The van der Waals surface area contributed by atoms with Gasteiger partial charge in [0.1, 0.15) is 17.3 Å². The largest absolute Gasteiger partial charge is 0.507 e. The van der Waals surface area contributed by atoms with E-state index in [1.807, 2.05) is 19.1 Å². The third kappa shape index (κ3) is 4.03. The summed E-state index contributed by atoms with van der Waals surface area (Å²) in [4.78, 5) is 35.2. The number of ketones is 1. The van der Waals surface area contributed by atoms with Gasteiger partial charge in [-0.05, 0) is 60.5 Å². The lowest BCUT2D eigenvalue weighted by molar-refractivity contribution is -0.132. The molecule has 0 radical (unpaired) electrons. The Morgan fingerprint density at radius 3 is 2.46 bits per heavy atom. The van der Waals surface area contributed by atoms with E-state index in [1.54, 1.807) is 36.4 Å². The predicted molar refractivity (Wildman–Crippen MR) is 130 cm³/mol. The van der Waals surface area contributed by atoms with Gasteiger partial charge >= 0.3 is 5.91 Å². The standard InChI is InChI=1S/C27H22FN3O4/c1-2-15-35-19-13-9-17(10-14-19)24(32)22-23(16-7-11-18(28)12-8-16)31(26(34)25(22)33)27-29-20-5-3-4-6-21(20)30-27/h3-14,23,32H,2,15H2,1H3,(H,29,30)/b24-22+. The molecule has 2 N–H and O–H groups in total. The number of aliphatic hydroxyl groups excluding tert-OH is 1. The molecule has 0 saturated carbocycles. The molecule has 0 spiro atoms. The number of imidazole rings is 1. The summed E-state index contributed by atoms with van der Waals surface area (Å²) in [6, 6.07) is 18.3. The number of hydrogen-bond acceptors (Lipinski definition) is 5. The van der Waals surface area contributed by atoms with Gasteiger partial charge in [0.25, 0.3) is 5.78 Å². The lowest BCUT2D eigenvalue weighted by Crippen LogP contribution is -2.30. The fourth-order valence-corrected chi connectivity index (χ4v) is 4.15. The van der Waals surface area contributed by atoms with Crippen LogP contribution in [0.3, 0.4) is 0 Å². The summed E-state index contributed by atoms with van der Waals surface area (Å²) >= 11 is 0. The van der Waals surface area contributed by atoms with E-state index in [9.17, 15) is 19.1 Å². The van der Waals surface area contributed by atoms with Gasteiger partial charge in [-0.2, -0.15) is 0 Å². The van der Waals surface area contributed by atoms with Crippen LogP contribution in [0.1, 0.15) is 30.5 Å². The normalized spacial score (nSPS) is 17.3. The molecule has 1 aliphatic rings. The van der Waals surface area contributed by atoms with Gasteiger partial charge in [-0.25, -0.2) is 9.37 Å². The summed E-state index contributed by atoms with van der Waals surface area (Å²) < 4.78 is 19.3. The number of H-pyrrole nitrogens is 1. The Morgan fingerprint density at radius 1 is 1.06 bits per heavy atom. The lowest BCUT2D eigenvalue weighted by Gasteiger charge is -2.23. The minimum Gasteiger partial charge on any atom is -0.507 e. The number of Topliss-reactive ketones (excluding diaryl/α,β-unsaturated/α-hetero) is 1. The fraction of sp³-hybridized carbons (Fsp3) is 0.148. The zero-order valence-corrected chi connectivity index (χ0v) is 18.9. The molecule has 2 heterocycles. The van der Waals surface area contributed by atoms with E-state index < -0.39 is 23.5 Å². The molecule has 1 saturated heterocycles. The van der Waals surface area contributed by atoms with E-state index in [0.29, 0.717) is 34.5 Å². The fourth-order valence-electron chi connectivity index (χ4n) is 4.15. The minimum atomic E-state index is -1.01. The second-order valence-electron chi connectivity index (χ2n) is 8.17. The van der Waals surface area contributed by atoms with Crippen molar-refractivity contribution in [2.75, 3.05) is 11.5 Å². The van der Waals surface area contributed by atoms with Crippen LogP contribution >= 0.6 is 0 Å². The number of anilines is 1. The average Bonchev–Trinajstić information content (AvgIpc) is 3.41. The highest BCUT2D eigenvalue weighted by Crippen LogP contribution is 2.41. The number of carbonyl (C=O) groups excluding carboxylic acids is 2. The molecule has 1 amide bonds. The van der Waals surface area contributed by atoms with Crippen LogP contribution in [0.2, 0.25) is 0 Å². The highest BCUT2D eigenvalue weighted by Gasteiger charge is 2.48. The van der Waals surface area contributed by atoms with E-state index >= 15 is 0 Å². The maximum Gasteiger partial charge on any atom is 0.302 e. The Kier molecular flexibility index (Phi) is 5.78. The molecular weight excluding hydrogens is 449 g/mol. The van der Waals surface area contributed by atoms with Crippen LogP contribution in [0.5, 0.6) is 5.75 Å². The summed E-state index contributed by atoms with van der Waals surface area (Å²) in [6.07, 6.45) is 0.852. The maximum atomic E-state index is 13.7. The van der Waals surface area contributed by atoms with Crippen LogP contribution in [-0.4, -0.2) is 33.4 Å². The molecule has 176 valence electrons. The van der Waals surface area contributed by atoms with Gasteiger partial charge in [-0.15, -0.1) is 0 Å². The topological polar surface area (TPSA) is 95.5 Å².